The number of amides is 1. The molecule has 0 saturated carbocycles. The number of guanidine groups is 1. The summed E-state index contributed by atoms with van der Waals surface area (Å²) in [4.78, 5) is 20.5. The minimum absolute atomic E-state index is 0.247. The number of nitrogens with zero attached hydrogens (tertiary/aromatic N) is 3. The van der Waals surface area contributed by atoms with E-state index in [2.05, 4.69) is 27.4 Å². The Kier molecular flexibility index (Phi) is 7.15. The predicted octanol–water partition coefficient (Wildman–Crippen LogP) is 0.894. The van der Waals surface area contributed by atoms with Gasteiger partial charge >= 0.3 is 0 Å². The van der Waals surface area contributed by atoms with Gasteiger partial charge in [0.2, 0.25) is 5.91 Å². The van der Waals surface area contributed by atoms with Crippen molar-refractivity contribution in [1.29, 1.82) is 0 Å². The summed E-state index contributed by atoms with van der Waals surface area (Å²) in [6.07, 6.45) is 4.22. The number of likely N-dealkylation sites (tertiary alicyclic amines) is 2. The Morgan fingerprint density at radius 1 is 1.22 bits per heavy atom. The van der Waals surface area contributed by atoms with Crippen LogP contribution in [0.3, 0.4) is 0 Å². The van der Waals surface area contributed by atoms with Gasteiger partial charge in [0.15, 0.2) is 5.96 Å². The molecule has 2 fully saturated rings. The van der Waals surface area contributed by atoms with Crippen molar-refractivity contribution >= 4 is 11.9 Å². The molecule has 0 aromatic carbocycles. The molecule has 2 N–H and O–H groups in total. The normalized spacial score (nSPS) is 24.0. The zero-order valence-corrected chi connectivity index (χ0v) is 15.0. The Morgan fingerprint density at radius 3 is 2.61 bits per heavy atom. The minimum Gasteiger partial charge on any atom is -0.355 e. The van der Waals surface area contributed by atoms with E-state index in [9.17, 15) is 4.79 Å². The van der Waals surface area contributed by atoms with Crippen LogP contribution in [0.4, 0.5) is 0 Å². The summed E-state index contributed by atoms with van der Waals surface area (Å²) in [5.74, 6) is 1.98. The molecule has 132 valence electrons. The lowest BCUT2D eigenvalue weighted by molar-refractivity contribution is -0.129. The fraction of sp³-hybridized carbons (Fsp3) is 0.882. The molecule has 0 radical (unpaired) electrons. The Morgan fingerprint density at radius 2 is 1.96 bits per heavy atom. The molecule has 2 heterocycles. The highest BCUT2D eigenvalue weighted by molar-refractivity contribution is 5.80. The molecule has 23 heavy (non-hydrogen) atoms. The van der Waals surface area contributed by atoms with E-state index in [1.54, 1.807) is 0 Å². The largest absolute Gasteiger partial charge is 0.355 e. The average Bonchev–Trinajstić information content (AvgIpc) is 3.03. The molecule has 0 aliphatic carbocycles. The van der Waals surface area contributed by atoms with Crippen LogP contribution < -0.4 is 10.6 Å². The molecule has 2 aliphatic heterocycles. The quantitative estimate of drug-likeness (QED) is 0.583. The van der Waals surface area contributed by atoms with Crippen molar-refractivity contribution in [3.8, 4) is 0 Å². The Bertz CT molecular complexity index is 404. The van der Waals surface area contributed by atoms with E-state index >= 15 is 0 Å². The first-order valence-corrected chi connectivity index (χ1v) is 9.09. The maximum atomic E-state index is 11.7. The van der Waals surface area contributed by atoms with E-state index in [4.69, 9.17) is 0 Å². The maximum absolute atomic E-state index is 11.7. The van der Waals surface area contributed by atoms with Crippen LogP contribution in [-0.2, 0) is 4.79 Å². The van der Waals surface area contributed by atoms with Gasteiger partial charge in [-0.05, 0) is 38.3 Å². The Balaban J connectivity index is 1.65. The highest BCUT2D eigenvalue weighted by atomic mass is 16.2. The Labute approximate surface area is 140 Å². The smallest absolute Gasteiger partial charge is 0.222 e. The second-order valence-corrected chi connectivity index (χ2v) is 6.85. The van der Waals surface area contributed by atoms with Gasteiger partial charge in [-0.1, -0.05) is 13.8 Å². The first kappa shape index (κ1) is 18.0. The van der Waals surface area contributed by atoms with Gasteiger partial charge in [-0.25, -0.2) is 0 Å². The molecular formula is C17H33N5O. The molecule has 2 rings (SSSR count). The van der Waals surface area contributed by atoms with Gasteiger partial charge in [-0.15, -0.1) is 0 Å². The highest BCUT2D eigenvalue weighted by Crippen LogP contribution is 2.15. The van der Waals surface area contributed by atoms with E-state index in [-0.39, 0.29) is 5.91 Å². The van der Waals surface area contributed by atoms with Crippen LogP contribution in [-0.4, -0.2) is 74.0 Å². The summed E-state index contributed by atoms with van der Waals surface area (Å²) in [5.41, 5.74) is 0. The molecule has 1 amide bonds. The number of hydrogen-bond donors (Lipinski definition) is 2. The molecular weight excluding hydrogens is 290 g/mol. The van der Waals surface area contributed by atoms with Crippen LogP contribution in [0.2, 0.25) is 0 Å². The third-order valence-electron chi connectivity index (χ3n) is 5.00. The molecule has 6 nitrogen and oxygen atoms in total. The second-order valence-electron chi connectivity index (χ2n) is 6.85. The van der Waals surface area contributed by atoms with Crippen LogP contribution in [0.1, 0.15) is 39.5 Å². The van der Waals surface area contributed by atoms with Crippen molar-refractivity contribution in [2.45, 2.75) is 45.6 Å². The summed E-state index contributed by atoms with van der Waals surface area (Å²) in [6.45, 7) is 10.3. The number of nitrogens with one attached hydrogen (secondary N) is 2. The molecule has 6 heteroatoms. The van der Waals surface area contributed by atoms with Crippen LogP contribution in [0.5, 0.6) is 0 Å². The molecule has 1 atom stereocenters. The maximum Gasteiger partial charge on any atom is 0.222 e. The van der Waals surface area contributed by atoms with E-state index in [0.717, 1.165) is 44.5 Å². The molecule has 0 aromatic heterocycles. The van der Waals surface area contributed by atoms with Gasteiger partial charge in [-0.2, -0.15) is 0 Å². The van der Waals surface area contributed by atoms with Crippen LogP contribution >= 0.6 is 0 Å². The van der Waals surface area contributed by atoms with Crippen LogP contribution in [0.25, 0.3) is 0 Å². The number of rotatable bonds is 5. The molecule has 2 saturated heterocycles. The number of hydrogen-bond acceptors (Lipinski definition) is 3. The van der Waals surface area contributed by atoms with E-state index in [0.29, 0.717) is 12.5 Å². The van der Waals surface area contributed by atoms with Gasteiger partial charge in [0.1, 0.15) is 0 Å². The number of carbonyl (C=O) groups is 1. The summed E-state index contributed by atoms with van der Waals surface area (Å²) < 4.78 is 0. The molecule has 1 unspecified atom stereocenters. The van der Waals surface area contributed by atoms with Crippen LogP contribution in [0, 0.1) is 5.92 Å². The number of piperidine rings is 1. The Hall–Kier alpha value is -1.30. The monoisotopic (exact) mass is 323 g/mol. The van der Waals surface area contributed by atoms with Gasteiger partial charge in [-0.3, -0.25) is 9.79 Å². The van der Waals surface area contributed by atoms with Crippen molar-refractivity contribution < 1.29 is 4.79 Å². The highest BCUT2D eigenvalue weighted by Gasteiger charge is 2.25. The lowest BCUT2D eigenvalue weighted by Gasteiger charge is -2.30. The standard InChI is InChI=1S/C17H33N5O/c1-4-16(23)22-11-7-15(13-22)20-17(18-3)19-8-12-21-9-5-14(2)6-10-21/h14-15H,4-13H2,1-3H3,(H2,18,19,20). The zero-order chi connectivity index (χ0) is 16.7. The van der Waals surface area contributed by atoms with Crippen molar-refractivity contribution in [2.24, 2.45) is 10.9 Å². The van der Waals surface area contributed by atoms with Gasteiger partial charge in [0.05, 0.1) is 0 Å². The summed E-state index contributed by atoms with van der Waals surface area (Å²) in [7, 11) is 1.81. The zero-order valence-electron chi connectivity index (χ0n) is 15.0. The van der Waals surface area contributed by atoms with E-state index < -0.39 is 0 Å². The third kappa shape index (κ3) is 5.68. The lowest BCUT2D eigenvalue weighted by Crippen LogP contribution is -2.47. The second kappa shape index (κ2) is 9.11. The third-order valence-corrected chi connectivity index (χ3v) is 5.00. The van der Waals surface area contributed by atoms with E-state index in [1.165, 1.54) is 25.9 Å². The van der Waals surface area contributed by atoms with Crippen molar-refractivity contribution in [2.75, 3.05) is 46.3 Å². The fourth-order valence-electron chi connectivity index (χ4n) is 3.33. The number of carbonyl (C=O) groups excluding carboxylic acids is 1. The van der Waals surface area contributed by atoms with Crippen molar-refractivity contribution in [3.05, 3.63) is 0 Å². The van der Waals surface area contributed by atoms with Crippen LogP contribution in [0.15, 0.2) is 4.99 Å². The molecule has 0 aromatic rings. The molecule has 0 spiro atoms. The number of aliphatic imine (C=N–C) groups is 1. The van der Waals surface area contributed by atoms with Gasteiger partial charge in [0, 0.05) is 45.7 Å². The minimum atomic E-state index is 0.247. The average molecular weight is 323 g/mol. The fourth-order valence-corrected chi connectivity index (χ4v) is 3.33. The summed E-state index contributed by atoms with van der Waals surface area (Å²) in [5, 5.41) is 6.85. The van der Waals surface area contributed by atoms with Gasteiger partial charge < -0.3 is 20.4 Å². The van der Waals surface area contributed by atoms with Gasteiger partial charge in [0.25, 0.3) is 0 Å². The SMILES string of the molecule is CCC(=O)N1CCC(NC(=NC)NCCN2CCC(C)CC2)C1. The summed E-state index contributed by atoms with van der Waals surface area (Å²) >= 11 is 0. The summed E-state index contributed by atoms with van der Waals surface area (Å²) in [6, 6.07) is 0.313. The molecule has 2 aliphatic rings. The predicted molar refractivity (Wildman–Crippen MR) is 94.6 cm³/mol. The van der Waals surface area contributed by atoms with Crippen molar-refractivity contribution in [1.82, 2.24) is 20.4 Å². The first-order chi connectivity index (χ1) is 11.1. The van der Waals surface area contributed by atoms with E-state index in [1.807, 2.05) is 18.9 Å². The first-order valence-electron chi connectivity index (χ1n) is 9.09. The topological polar surface area (TPSA) is 60.0 Å². The van der Waals surface area contributed by atoms with Crippen molar-refractivity contribution in [3.63, 3.8) is 0 Å². The lowest BCUT2D eigenvalue weighted by atomic mass is 9.99. The molecule has 0 bridgehead atoms.